The minimum atomic E-state index is -0.600. The fourth-order valence-corrected chi connectivity index (χ4v) is 1.54. The third kappa shape index (κ3) is 3.91. The maximum Gasteiger partial charge on any atom is 0.414 e. The lowest BCUT2D eigenvalue weighted by Crippen LogP contribution is -2.27. The fraction of sp³-hybridized carbons (Fsp3) is 0.385. The molecule has 0 aliphatic rings. The van der Waals surface area contributed by atoms with E-state index in [9.17, 15) is 4.79 Å². The summed E-state index contributed by atoms with van der Waals surface area (Å²) in [6, 6.07) is 1.72. The molecule has 0 radical (unpaired) electrons. The van der Waals surface area contributed by atoms with Crippen LogP contribution in [-0.2, 0) is 11.8 Å². The number of carbonyl (C=O) groups excluding carboxylic acids is 1. The molecular formula is C13H18N6O2. The molecule has 21 heavy (non-hydrogen) atoms. The van der Waals surface area contributed by atoms with Crippen molar-refractivity contribution in [3.8, 4) is 11.3 Å². The average Bonchev–Trinajstić information content (AvgIpc) is 2.68. The number of rotatable bonds is 2. The first-order chi connectivity index (χ1) is 9.74. The van der Waals surface area contributed by atoms with Gasteiger partial charge in [-0.25, -0.2) is 14.8 Å². The minimum Gasteiger partial charge on any atom is -0.444 e. The lowest BCUT2D eigenvalue weighted by molar-refractivity contribution is 0.0634. The summed E-state index contributed by atoms with van der Waals surface area (Å²) in [5.41, 5.74) is 6.52. The molecule has 1 amide bonds. The first-order valence-electron chi connectivity index (χ1n) is 6.36. The van der Waals surface area contributed by atoms with E-state index in [-0.39, 0.29) is 5.95 Å². The molecule has 112 valence electrons. The highest BCUT2D eigenvalue weighted by molar-refractivity contribution is 5.82. The molecule has 0 aliphatic heterocycles. The van der Waals surface area contributed by atoms with Crippen LogP contribution in [0, 0.1) is 0 Å². The van der Waals surface area contributed by atoms with E-state index in [4.69, 9.17) is 10.5 Å². The molecule has 2 rings (SSSR count). The van der Waals surface area contributed by atoms with Crippen molar-refractivity contribution in [3.63, 3.8) is 0 Å². The maximum absolute atomic E-state index is 11.6. The van der Waals surface area contributed by atoms with Gasteiger partial charge in [-0.15, -0.1) is 0 Å². The van der Waals surface area contributed by atoms with Gasteiger partial charge in [-0.3, -0.25) is 10.00 Å². The Kier molecular flexibility index (Phi) is 3.79. The minimum absolute atomic E-state index is 0.164. The van der Waals surface area contributed by atoms with Crippen LogP contribution in [0.1, 0.15) is 20.8 Å². The normalized spacial score (nSPS) is 11.2. The molecular weight excluding hydrogens is 272 g/mol. The second-order valence-corrected chi connectivity index (χ2v) is 5.50. The van der Waals surface area contributed by atoms with Crippen LogP contribution in [0.2, 0.25) is 0 Å². The van der Waals surface area contributed by atoms with Gasteiger partial charge in [0.2, 0.25) is 5.95 Å². The summed E-state index contributed by atoms with van der Waals surface area (Å²) in [5, 5.41) is 6.68. The summed E-state index contributed by atoms with van der Waals surface area (Å²) in [7, 11) is 1.75. The van der Waals surface area contributed by atoms with Crippen LogP contribution >= 0.6 is 0 Å². The Labute approximate surface area is 122 Å². The average molecular weight is 290 g/mol. The van der Waals surface area contributed by atoms with Gasteiger partial charge in [0.05, 0.1) is 5.69 Å². The summed E-state index contributed by atoms with van der Waals surface area (Å²) in [5.74, 6) is 0.706. The van der Waals surface area contributed by atoms with Gasteiger partial charge >= 0.3 is 6.09 Å². The highest BCUT2D eigenvalue weighted by Crippen LogP contribution is 2.18. The van der Waals surface area contributed by atoms with Gasteiger partial charge in [0.1, 0.15) is 11.4 Å². The van der Waals surface area contributed by atoms with Crippen LogP contribution in [0.25, 0.3) is 11.3 Å². The van der Waals surface area contributed by atoms with Gasteiger partial charge < -0.3 is 10.5 Å². The summed E-state index contributed by atoms with van der Waals surface area (Å²) < 4.78 is 6.67. The van der Waals surface area contributed by atoms with Gasteiger partial charge in [-0.2, -0.15) is 5.10 Å². The number of ether oxygens (including phenoxy) is 1. The zero-order valence-corrected chi connectivity index (χ0v) is 12.4. The third-order valence-electron chi connectivity index (χ3n) is 2.48. The van der Waals surface area contributed by atoms with Crippen molar-refractivity contribution >= 4 is 17.9 Å². The first kappa shape index (κ1) is 14.8. The van der Waals surface area contributed by atoms with Crippen molar-refractivity contribution in [3.05, 3.63) is 18.5 Å². The van der Waals surface area contributed by atoms with E-state index in [0.29, 0.717) is 17.1 Å². The van der Waals surface area contributed by atoms with Crippen LogP contribution in [0.5, 0.6) is 0 Å². The van der Waals surface area contributed by atoms with Crippen LogP contribution in [0.15, 0.2) is 18.5 Å². The Morgan fingerprint density at radius 1 is 1.33 bits per heavy atom. The van der Waals surface area contributed by atoms with E-state index in [1.165, 1.54) is 0 Å². The number of amides is 1. The molecule has 0 bridgehead atoms. The quantitative estimate of drug-likeness (QED) is 0.873. The van der Waals surface area contributed by atoms with Gasteiger partial charge in [-0.1, -0.05) is 0 Å². The topological polar surface area (TPSA) is 108 Å². The fourth-order valence-electron chi connectivity index (χ4n) is 1.54. The van der Waals surface area contributed by atoms with Crippen LogP contribution < -0.4 is 11.1 Å². The van der Waals surface area contributed by atoms with Crippen LogP contribution in [0.4, 0.5) is 16.6 Å². The molecule has 2 aromatic heterocycles. The van der Waals surface area contributed by atoms with E-state index >= 15 is 0 Å². The number of aromatic nitrogens is 4. The molecule has 2 aromatic rings. The SMILES string of the molecule is Cn1nc(-c2cnc(NC(=O)OC(C)(C)C)nc2)cc1N. The molecule has 0 unspecified atom stereocenters. The molecule has 8 nitrogen and oxygen atoms in total. The monoisotopic (exact) mass is 290 g/mol. The van der Waals surface area contributed by atoms with Crippen molar-refractivity contribution in [1.29, 1.82) is 0 Å². The van der Waals surface area contributed by atoms with Gasteiger partial charge in [0.25, 0.3) is 0 Å². The Morgan fingerprint density at radius 3 is 2.43 bits per heavy atom. The van der Waals surface area contributed by atoms with Crippen LogP contribution in [0.3, 0.4) is 0 Å². The van der Waals surface area contributed by atoms with Crippen molar-refractivity contribution in [1.82, 2.24) is 19.7 Å². The number of aryl methyl sites for hydroxylation is 1. The highest BCUT2D eigenvalue weighted by Gasteiger charge is 2.17. The Morgan fingerprint density at radius 2 is 1.95 bits per heavy atom. The number of nitrogens with one attached hydrogen (secondary N) is 1. The lowest BCUT2D eigenvalue weighted by Gasteiger charge is -2.19. The highest BCUT2D eigenvalue weighted by atomic mass is 16.6. The molecule has 0 saturated heterocycles. The standard InChI is InChI=1S/C13H18N6O2/c1-13(2,3)21-12(20)17-11-15-6-8(7-16-11)9-5-10(14)19(4)18-9/h5-7H,14H2,1-4H3,(H,15,16,17,20). The van der Waals surface area contributed by atoms with E-state index in [0.717, 1.165) is 0 Å². The maximum atomic E-state index is 11.6. The molecule has 0 aromatic carbocycles. The van der Waals surface area contributed by atoms with E-state index in [2.05, 4.69) is 20.4 Å². The second kappa shape index (κ2) is 5.39. The van der Waals surface area contributed by atoms with Crippen molar-refractivity contribution in [2.24, 2.45) is 7.05 Å². The largest absolute Gasteiger partial charge is 0.444 e. The van der Waals surface area contributed by atoms with Gasteiger partial charge in [-0.05, 0) is 20.8 Å². The Bertz CT molecular complexity index is 622. The van der Waals surface area contributed by atoms with Gasteiger partial charge in [0, 0.05) is 31.1 Å². The molecule has 0 spiro atoms. The third-order valence-corrected chi connectivity index (χ3v) is 2.48. The second-order valence-electron chi connectivity index (χ2n) is 5.50. The summed E-state index contributed by atoms with van der Waals surface area (Å²) in [4.78, 5) is 19.7. The molecule has 3 N–H and O–H groups in total. The predicted octanol–water partition coefficient (Wildman–Crippen LogP) is 1.81. The Balaban J connectivity index is 2.07. The zero-order chi connectivity index (χ0) is 15.6. The van der Waals surface area contributed by atoms with E-state index < -0.39 is 11.7 Å². The van der Waals surface area contributed by atoms with E-state index in [1.54, 1.807) is 51.0 Å². The number of nitrogens with two attached hydrogens (primary N) is 1. The van der Waals surface area contributed by atoms with Crippen molar-refractivity contribution in [2.45, 2.75) is 26.4 Å². The van der Waals surface area contributed by atoms with Crippen LogP contribution in [-0.4, -0.2) is 31.4 Å². The molecule has 2 heterocycles. The molecule has 8 heteroatoms. The number of anilines is 2. The molecule has 0 atom stereocenters. The number of nitrogen functional groups attached to an aromatic ring is 1. The lowest BCUT2D eigenvalue weighted by atomic mass is 10.2. The Hall–Kier alpha value is -2.64. The first-order valence-corrected chi connectivity index (χ1v) is 6.36. The van der Waals surface area contributed by atoms with Gasteiger partial charge in [0.15, 0.2) is 0 Å². The molecule has 0 fully saturated rings. The molecule has 0 aliphatic carbocycles. The number of hydrogen-bond donors (Lipinski definition) is 2. The zero-order valence-electron chi connectivity index (χ0n) is 12.4. The smallest absolute Gasteiger partial charge is 0.414 e. The summed E-state index contributed by atoms with van der Waals surface area (Å²) >= 11 is 0. The summed E-state index contributed by atoms with van der Waals surface area (Å²) in [6.07, 6.45) is 2.51. The van der Waals surface area contributed by atoms with Crippen molar-refractivity contribution in [2.75, 3.05) is 11.1 Å². The summed E-state index contributed by atoms with van der Waals surface area (Å²) in [6.45, 7) is 5.34. The molecule has 0 saturated carbocycles. The number of hydrogen-bond acceptors (Lipinski definition) is 6. The van der Waals surface area contributed by atoms with E-state index in [1.807, 2.05) is 0 Å². The number of nitrogens with zero attached hydrogens (tertiary/aromatic N) is 4. The number of carbonyl (C=O) groups is 1. The van der Waals surface area contributed by atoms with Crippen molar-refractivity contribution < 1.29 is 9.53 Å². The predicted molar refractivity (Wildman–Crippen MR) is 78.5 cm³/mol.